The van der Waals surface area contributed by atoms with Crippen molar-refractivity contribution in [3.05, 3.63) is 83.4 Å². The molecule has 2 bridgehead atoms. The minimum atomic E-state index is -0.657. The van der Waals surface area contributed by atoms with Crippen molar-refractivity contribution in [1.82, 2.24) is 21.0 Å². The molecule has 0 radical (unpaired) electrons. The van der Waals surface area contributed by atoms with Gasteiger partial charge >= 0.3 is 0 Å². The number of nitrogens with one attached hydrogen (secondary N) is 3. The molecule has 1 heterocycles. The molecule has 4 N–H and O–H groups in total. The minimum absolute atomic E-state index is 0.0670. The van der Waals surface area contributed by atoms with Crippen LogP contribution in [-0.2, 0) is 22.6 Å². The maximum absolute atomic E-state index is 14.7. The zero-order valence-electron chi connectivity index (χ0n) is 32.7. The second-order valence-corrected chi connectivity index (χ2v) is 16.2. The van der Waals surface area contributed by atoms with E-state index < -0.39 is 12.1 Å². The number of nitrogens with zero attached hydrogens (tertiary/aromatic N) is 2. The molecule has 1 saturated heterocycles. The number of para-hydroxylation sites is 1. The molecule has 3 aliphatic carbocycles. The summed E-state index contributed by atoms with van der Waals surface area (Å²) in [6.07, 6.45) is 2.47. The smallest absolute Gasteiger partial charge is 0.251 e. The molecule has 10 nitrogen and oxygen atoms in total. The van der Waals surface area contributed by atoms with Crippen molar-refractivity contribution in [2.24, 2.45) is 29.1 Å². The molecule has 10 heteroatoms. The predicted molar refractivity (Wildman–Crippen MR) is 210 cm³/mol. The summed E-state index contributed by atoms with van der Waals surface area (Å²) in [6, 6.07) is 21.4. The van der Waals surface area contributed by atoms with Gasteiger partial charge in [-0.25, -0.2) is 0 Å². The summed E-state index contributed by atoms with van der Waals surface area (Å²) < 4.78 is 6.10. The molecule has 3 aromatic carbocycles. The third kappa shape index (κ3) is 7.83. The number of aliphatic hydroxyl groups excluding tert-OH is 1. The average molecular weight is 726 g/mol. The molecule has 0 unspecified atom stereocenters. The highest BCUT2D eigenvalue weighted by atomic mass is 16.7. The van der Waals surface area contributed by atoms with Crippen LogP contribution in [0.2, 0.25) is 0 Å². The predicted octanol–water partition coefficient (Wildman–Crippen LogP) is 5.29. The topological polar surface area (TPSA) is 115 Å². The summed E-state index contributed by atoms with van der Waals surface area (Å²) in [7, 11) is 7.15. The Bertz CT molecular complexity index is 1750. The van der Waals surface area contributed by atoms with Gasteiger partial charge in [-0.3, -0.25) is 14.4 Å². The lowest BCUT2D eigenvalue weighted by Gasteiger charge is -2.62. The molecule has 3 saturated carbocycles. The van der Waals surface area contributed by atoms with Crippen LogP contribution in [0.5, 0.6) is 5.75 Å². The molecule has 4 fully saturated rings. The first-order valence-electron chi connectivity index (χ1n) is 19.2. The Kier molecular flexibility index (Phi) is 11.8. The zero-order chi connectivity index (χ0) is 38.0. The summed E-state index contributed by atoms with van der Waals surface area (Å²) in [6.45, 7) is 9.89. The van der Waals surface area contributed by atoms with Crippen molar-refractivity contribution in [3.8, 4) is 16.9 Å². The van der Waals surface area contributed by atoms with Crippen molar-refractivity contribution in [2.75, 3.05) is 46.3 Å². The van der Waals surface area contributed by atoms with E-state index in [-0.39, 0.29) is 43.0 Å². The lowest BCUT2D eigenvalue weighted by Crippen LogP contribution is -2.62. The molecule has 2 amide bonds. The minimum Gasteiger partial charge on any atom is -0.496 e. The summed E-state index contributed by atoms with van der Waals surface area (Å²) in [5, 5.41) is 22.4. The molecule has 0 aromatic heterocycles. The van der Waals surface area contributed by atoms with Crippen molar-refractivity contribution in [1.29, 1.82) is 0 Å². The van der Waals surface area contributed by atoms with Crippen LogP contribution in [0, 0.1) is 29.1 Å². The number of carbonyl (C=O) groups excluding carboxylic acids is 2. The number of fused-ring (bicyclic) bond motifs is 2. The first-order valence-corrected chi connectivity index (χ1v) is 19.2. The van der Waals surface area contributed by atoms with Gasteiger partial charge in [0.1, 0.15) is 17.9 Å². The van der Waals surface area contributed by atoms with Crippen molar-refractivity contribution < 1.29 is 24.3 Å². The van der Waals surface area contributed by atoms with Crippen LogP contribution in [-0.4, -0.2) is 87.6 Å². The molecule has 8 atom stereocenters. The zero-order valence-corrected chi connectivity index (χ0v) is 32.7. The first-order chi connectivity index (χ1) is 25.4. The van der Waals surface area contributed by atoms with E-state index in [4.69, 9.17) is 9.57 Å². The van der Waals surface area contributed by atoms with Gasteiger partial charge in [0.15, 0.2) is 0 Å². The van der Waals surface area contributed by atoms with E-state index >= 15 is 0 Å². The second-order valence-electron chi connectivity index (χ2n) is 16.2. The third-order valence-electron chi connectivity index (χ3n) is 12.7. The van der Waals surface area contributed by atoms with Crippen LogP contribution in [0.15, 0.2) is 66.7 Å². The SMILES string of the molecule is CNC(=O)c1cc(-c2cccc(CN3O[C@@H](CO)[C@H]([C@@H](C)NCCc4ccccc4)[C@H]3C(=O)N[C@H]3C[C@H]4C[C@H]([C@@H]3C)C4(C)C)c2OC)cc(N(C)C)c1. The van der Waals surface area contributed by atoms with Gasteiger partial charge in [0.2, 0.25) is 5.91 Å². The van der Waals surface area contributed by atoms with Gasteiger partial charge in [-0.05, 0) is 85.2 Å². The molecular weight excluding hydrogens is 667 g/mol. The standard InChI is InChI=1S/C43H59N5O5/c1-26-35-22-32(43(35,3)4)23-36(26)46-42(51)39-38(27(2)45-18-17-28-13-10-9-11-14-28)37(25-49)53-48(39)24-29-15-12-16-34(40(29)52-8)30-19-31(41(50)44-5)21-33(20-30)47(6)7/h9-16,19-21,26-27,32,35-39,45,49H,17-18,22-25H2,1-8H3,(H,44,50)(H,46,51)/t26-,27+,32+,35+,36-,37-,38-,39-/m0/s1. The van der Waals surface area contributed by atoms with Gasteiger partial charge < -0.3 is 30.7 Å². The van der Waals surface area contributed by atoms with Gasteiger partial charge in [-0.15, -0.1) is 0 Å². The number of aliphatic hydroxyl groups is 1. The fourth-order valence-electron chi connectivity index (χ4n) is 9.38. The number of hydrogen-bond acceptors (Lipinski definition) is 8. The quantitative estimate of drug-likeness (QED) is 0.178. The van der Waals surface area contributed by atoms with E-state index in [9.17, 15) is 14.7 Å². The second kappa shape index (κ2) is 16.2. The van der Waals surface area contributed by atoms with Gasteiger partial charge in [0.05, 0.1) is 20.3 Å². The van der Waals surface area contributed by atoms with Gasteiger partial charge in [-0.1, -0.05) is 69.3 Å². The fourth-order valence-corrected chi connectivity index (χ4v) is 9.38. The Morgan fingerprint density at radius 2 is 1.83 bits per heavy atom. The highest BCUT2D eigenvalue weighted by Gasteiger charge is 2.57. The summed E-state index contributed by atoms with van der Waals surface area (Å²) in [5.74, 6) is 1.64. The summed E-state index contributed by atoms with van der Waals surface area (Å²) in [5.41, 5.74) is 5.45. The lowest BCUT2D eigenvalue weighted by molar-refractivity contribution is -0.183. The molecule has 286 valence electrons. The van der Waals surface area contributed by atoms with Crippen LogP contribution in [0.4, 0.5) is 5.69 Å². The average Bonchev–Trinajstić information content (AvgIpc) is 3.53. The first kappa shape index (κ1) is 38.8. The molecule has 3 aromatic rings. The molecule has 0 spiro atoms. The summed E-state index contributed by atoms with van der Waals surface area (Å²) >= 11 is 0. The highest BCUT2D eigenvalue weighted by Crippen LogP contribution is 2.61. The number of carbonyl (C=O) groups is 2. The number of benzene rings is 3. The number of ether oxygens (including phenoxy) is 1. The van der Waals surface area contributed by atoms with Crippen LogP contribution in [0.1, 0.15) is 62.0 Å². The molecule has 1 aliphatic heterocycles. The number of amides is 2. The van der Waals surface area contributed by atoms with E-state index in [1.807, 2.05) is 73.6 Å². The number of methoxy groups -OCH3 is 1. The van der Waals surface area contributed by atoms with Crippen LogP contribution in [0.3, 0.4) is 0 Å². The monoisotopic (exact) mass is 725 g/mol. The molecular formula is C43H59N5O5. The number of anilines is 1. The third-order valence-corrected chi connectivity index (χ3v) is 12.7. The molecule has 4 aliphatic rings. The van der Waals surface area contributed by atoms with E-state index in [2.05, 4.69) is 55.8 Å². The van der Waals surface area contributed by atoms with Gasteiger partial charge in [-0.2, -0.15) is 5.06 Å². The van der Waals surface area contributed by atoms with Crippen LogP contribution in [0.25, 0.3) is 11.1 Å². The van der Waals surface area contributed by atoms with Crippen molar-refractivity contribution >= 4 is 17.5 Å². The van der Waals surface area contributed by atoms with Crippen molar-refractivity contribution in [2.45, 2.75) is 77.7 Å². The Morgan fingerprint density at radius 1 is 1.08 bits per heavy atom. The van der Waals surface area contributed by atoms with E-state index in [1.165, 1.54) is 12.0 Å². The van der Waals surface area contributed by atoms with Crippen molar-refractivity contribution in [3.63, 3.8) is 0 Å². The Labute approximate surface area is 315 Å². The largest absolute Gasteiger partial charge is 0.496 e. The van der Waals surface area contributed by atoms with Gasteiger partial charge in [0.25, 0.3) is 5.91 Å². The number of rotatable bonds is 14. The lowest BCUT2D eigenvalue weighted by atomic mass is 9.45. The van der Waals surface area contributed by atoms with E-state index in [0.717, 1.165) is 41.8 Å². The fraction of sp³-hybridized carbons (Fsp3) is 0.535. The maximum Gasteiger partial charge on any atom is 0.251 e. The number of hydrogen-bond donors (Lipinski definition) is 4. The van der Waals surface area contributed by atoms with E-state index in [1.54, 1.807) is 19.2 Å². The Balaban J connectivity index is 1.31. The van der Waals surface area contributed by atoms with Crippen LogP contribution < -0.4 is 25.6 Å². The normalized spacial score (nSPS) is 26.7. The van der Waals surface area contributed by atoms with Crippen LogP contribution >= 0.6 is 0 Å². The number of hydroxylamine groups is 2. The van der Waals surface area contributed by atoms with E-state index in [0.29, 0.717) is 34.5 Å². The Hall–Kier alpha value is -3.96. The Morgan fingerprint density at radius 3 is 2.47 bits per heavy atom. The molecule has 53 heavy (non-hydrogen) atoms. The van der Waals surface area contributed by atoms with Gasteiger partial charge in [0, 0.05) is 61.5 Å². The molecule has 7 rings (SSSR count). The maximum atomic E-state index is 14.7. The highest BCUT2D eigenvalue weighted by molar-refractivity contribution is 5.97. The summed E-state index contributed by atoms with van der Waals surface area (Å²) in [4.78, 5) is 36.0.